The van der Waals surface area contributed by atoms with E-state index >= 15 is 0 Å². The van der Waals surface area contributed by atoms with Crippen molar-refractivity contribution in [1.82, 2.24) is 20.0 Å². The SMILES string of the molecule is Cc1cccc(-c2nc(N)nc3c2CN(C(=O)Cc2cc(C)no2)C3C)c1. The Morgan fingerprint density at radius 1 is 1.30 bits per heavy atom. The van der Waals surface area contributed by atoms with Crippen LogP contribution in [-0.4, -0.2) is 25.9 Å². The number of fused-ring (bicyclic) bond motifs is 1. The molecule has 1 aliphatic rings. The number of carbonyl (C=O) groups is 1. The molecule has 7 nitrogen and oxygen atoms in total. The first-order valence-electron chi connectivity index (χ1n) is 8.87. The minimum atomic E-state index is -0.176. The van der Waals surface area contributed by atoms with Gasteiger partial charge in [-0.3, -0.25) is 4.79 Å². The van der Waals surface area contributed by atoms with Gasteiger partial charge in [0.1, 0.15) is 5.76 Å². The van der Waals surface area contributed by atoms with Gasteiger partial charge in [-0.15, -0.1) is 0 Å². The van der Waals surface area contributed by atoms with E-state index in [1.807, 2.05) is 39.0 Å². The van der Waals surface area contributed by atoms with Crippen molar-refractivity contribution in [3.8, 4) is 11.3 Å². The fraction of sp³-hybridized carbons (Fsp3) is 0.300. The normalized spacial score (nSPS) is 15.8. The zero-order valence-electron chi connectivity index (χ0n) is 15.6. The highest BCUT2D eigenvalue weighted by Crippen LogP contribution is 2.38. The Morgan fingerprint density at radius 3 is 2.81 bits per heavy atom. The standard InChI is InChI=1S/C20H21N5O2/c1-11-5-4-6-14(7-11)19-16-10-25(13(3)18(16)22-20(21)23-19)17(26)9-15-8-12(2)24-27-15/h4-8,13H,9-10H2,1-3H3,(H2,21,22,23). The molecule has 1 aliphatic heterocycles. The third-order valence-corrected chi connectivity index (χ3v) is 4.86. The van der Waals surface area contributed by atoms with Crippen molar-refractivity contribution in [3.63, 3.8) is 0 Å². The summed E-state index contributed by atoms with van der Waals surface area (Å²) in [7, 11) is 0. The van der Waals surface area contributed by atoms with Gasteiger partial charge in [-0.1, -0.05) is 28.9 Å². The Morgan fingerprint density at radius 2 is 2.11 bits per heavy atom. The van der Waals surface area contributed by atoms with E-state index in [1.54, 1.807) is 11.0 Å². The highest BCUT2D eigenvalue weighted by atomic mass is 16.5. The fourth-order valence-electron chi connectivity index (χ4n) is 3.56. The first-order chi connectivity index (χ1) is 12.9. The number of aryl methyl sites for hydroxylation is 2. The predicted octanol–water partition coefficient (Wildman–Crippen LogP) is 2.98. The molecule has 0 bridgehead atoms. The van der Waals surface area contributed by atoms with Gasteiger partial charge < -0.3 is 15.2 Å². The molecule has 0 spiro atoms. The summed E-state index contributed by atoms with van der Waals surface area (Å²) in [5.41, 5.74) is 11.4. The minimum absolute atomic E-state index is 0.0367. The molecule has 0 radical (unpaired) electrons. The van der Waals surface area contributed by atoms with E-state index in [9.17, 15) is 4.79 Å². The summed E-state index contributed by atoms with van der Waals surface area (Å²) >= 11 is 0. The number of benzene rings is 1. The number of nitrogens with two attached hydrogens (primary N) is 1. The third-order valence-electron chi connectivity index (χ3n) is 4.86. The number of amides is 1. The van der Waals surface area contributed by atoms with Crippen LogP contribution in [0, 0.1) is 13.8 Å². The van der Waals surface area contributed by atoms with E-state index in [4.69, 9.17) is 10.3 Å². The second kappa shape index (κ2) is 6.50. The van der Waals surface area contributed by atoms with Crippen LogP contribution in [-0.2, 0) is 17.8 Å². The summed E-state index contributed by atoms with van der Waals surface area (Å²) in [5.74, 6) is 0.743. The lowest BCUT2D eigenvalue weighted by molar-refractivity contribution is -0.132. The van der Waals surface area contributed by atoms with E-state index in [2.05, 4.69) is 21.2 Å². The molecule has 0 saturated carbocycles. The first kappa shape index (κ1) is 17.2. The largest absolute Gasteiger partial charge is 0.368 e. The van der Waals surface area contributed by atoms with Gasteiger partial charge in [0.25, 0.3) is 0 Å². The van der Waals surface area contributed by atoms with Crippen LogP contribution in [0.3, 0.4) is 0 Å². The molecule has 7 heteroatoms. The van der Waals surface area contributed by atoms with Crippen LogP contribution in [0.5, 0.6) is 0 Å². The molecule has 4 rings (SSSR count). The number of carbonyl (C=O) groups excluding carboxylic acids is 1. The quantitative estimate of drug-likeness (QED) is 0.768. The van der Waals surface area contributed by atoms with Crippen LogP contribution < -0.4 is 5.73 Å². The molecular weight excluding hydrogens is 342 g/mol. The lowest BCUT2D eigenvalue weighted by Crippen LogP contribution is -2.29. The van der Waals surface area contributed by atoms with Gasteiger partial charge in [0.05, 0.1) is 36.1 Å². The molecule has 2 aromatic heterocycles. The number of aromatic nitrogens is 3. The summed E-state index contributed by atoms with van der Waals surface area (Å²) in [6.45, 7) is 6.28. The van der Waals surface area contributed by atoms with Crippen LogP contribution in [0.1, 0.15) is 41.2 Å². The molecule has 0 saturated heterocycles. The molecular formula is C20H21N5O2. The second-order valence-electron chi connectivity index (χ2n) is 6.97. The van der Waals surface area contributed by atoms with Gasteiger partial charge in [-0.25, -0.2) is 9.97 Å². The third kappa shape index (κ3) is 3.16. The average molecular weight is 363 g/mol. The molecule has 27 heavy (non-hydrogen) atoms. The Kier molecular flexibility index (Phi) is 4.14. The molecule has 0 fully saturated rings. The molecule has 1 aromatic carbocycles. The number of nitrogens with zero attached hydrogens (tertiary/aromatic N) is 4. The maximum Gasteiger partial charge on any atom is 0.231 e. The van der Waals surface area contributed by atoms with E-state index in [1.165, 1.54) is 0 Å². The van der Waals surface area contributed by atoms with Gasteiger partial charge >= 0.3 is 0 Å². The van der Waals surface area contributed by atoms with Crippen molar-refractivity contribution in [2.45, 2.75) is 39.8 Å². The van der Waals surface area contributed by atoms with Crippen LogP contribution in [0.4, 0.5) is 5.95 Å². The van der Waals surface area contributed by atoms with Crippen molar-refractivity contribution >= 4 is 11.9 Å². The van der Waals surface area contributed by atoms with Crippen molar-refractivity contribution in [3.05, 3.63) is 58.6 Å². The Hall–Kier alpha value is -3.22. The molecule has 3 heterocycles. The van der Waals surface area contributed by atoms with Crippen molar-refractivity contribution < 1.29 is 9.32 Å². The number of nitrogen functional groups attached to an aromatic ring is 1. The summed E-state index contributed by atoms with van der Waals surface area (Å²) in [4.78, 5) is 23.5. The zero-order chi connectivity index (χ0) is 19.1. The fourth-order valence-corrected chi connectivity index (χ4v) is 3.56. The summed E-state index contributed by atoms with van der Waals surface area (Å²) in [5, 5.41) is 3.84. The lowest BCUT2D eigenvalue weighted by atomic mass is 10.0. The summed E-state index contributed by atoms with van der Waals surface area (Å²) in [6.07, 6.45) is 0.169. The molecule has 3 aromatic rings. The second-order valence-corrected chi connectivity index (χ2v) is 6.97. The number of rotatable bonds is 3. The van der Waals surface area contributed by atoms with Crippen LogP contribution in [0.2, 0.25) is 0 Å². The van der Waals surface area contributed by atoms with E-state index in [0.717, 1.165) is 33.8 Å². The predicted molar refractivity (Wildman–Crippen MR) is 101 cm³/mol. The topological polar surface area (TPSA) is 98.1 Å². The molecule has 2 N–H and O–H groups in total. The van der Waals surface area contributed by atoms with Crippen LogP contribution in [0.15, 0.2) is 34.9 Å². The number of anilines is 1. The van der Waals surface area contributed by atoms with Crippen LogP contribution in [0.25, 0.3) is 11.3 Å². The van der Waals surface area contributed by atoms with Crippen molar-refractivity contribution in [2.75, 3.05) is 5.73 Å². The maximum absolute atomic E-state index is 12.8. The summed E-state index contributed by atoms with van der Waals surface area (Å²) in [6, 6.07) is 9.69. The van der Waals surface area contributed by atoms with Gasteiger partial charge in [0.15, 0.2) is 0 Å². The molecule has 0 aliphatic carbocycles. The first-order valence-corrected chi connectivity index (χ1v) is 8.87. The van der Waals surface area contributed by atoms with Crippen molar-refractivity contribution in [1.29, 1.82) is 0 Å². The number of hydrogen-bond donors (Lipinski definition) is 1. The monoisotopic (exact) mass is 363 g/mol. The lowest BCUT2D eigenvalue weighted by Gasteiger charge is -2.20. The van der Waals surface area contributed by atoms with E-state index < -0.39 is 0 Å². The van der Waals surface area contributed by atoms with Gasteiger partial charge in [0, 0.05) is 17.2 Å². The molecule has 1 unspecified atom stereocenters. The smallest absolute Gasteiger partial charge is 0.231 e. The Balaban J connectivity index is 1.68. The number of hydrogen-bond acceptors (Lipinski definition) is 6. The Bertz CT molecular complexity index is 1030. The molecule has 138 valence electrons. The molecule has 1 atom stereocenters. The van der Waals surface area contributed by atoms with E-state index in [0.29, 0.717) is 12.3 Å². The van der Waals surface area contributed by atoms with Crippen molar-refractivity contribution in [2.24, 2.45) is 0 Å². The zero-order valence-corrected chi connectivity index (χ0v) is 15.6. The minimum Gasteiger partial charge on any atom is -0.368 e. The van der Waals surface area contributed by atoms with Gasteiger partial charge in [-0.05, 0) is 26.8 Å². The van der Waals surface area contributed by atoms with Gasteiger partial charge in [-0.2, -0.15) is 0 Å². The van der Waals surface area contributed by atoms with Gasteiger partial charge in [0.2, 0.25) is 11.9 Å². The van der Waals surface area contributed by atoms with Crippen LogP contribution >= 0.6 is 0 Å². The summed E-state index contributed by atoms with van der Waals surface area (Å²) < 4.78 is 5.19. The highest BCUT2D eigenvalue weighted by Gasteiger charge is 2.35. The van der Waals surface area contributed by atoms with E-state index in [-0.39, 0.29) is 24.3 Å². The Labute approximate surface area is 157 Å². The molecule has 1 amide bonds. The highest BCUT2D eigenvalue weighted by molar-refractivity contribution is 5.80. The maximum atomic E-state index is 12.8. The average Bonchev–Trinajstić information content (AvgIpc) is 3.18.